The first-order chi connectivity index (χ1) is 12.0. The summed E-state index contributed by atoms with van der Waals surface area (Å²) in [6.07, 6.45) is 0. The van der Waals surface area contributed by atoms with Crippen molar-refractivity contribution in [1.29, 1.82) is 0 Å². The van der Waals surface area contributed by atoms with E-state index in [-0.39, 0.29) is 0 Å². The van der Waals surface area contributed by atoms with E-state index in [4.69, 9.17) is 44.3 Å². The molecular formula is C18H14Cl3NO3. The molecule has 0 aliphatic rings. The largest absolute Gasteiger partial charge is 0.494 e. The van der Waals surface area contributed by atoms with Gasteiger partial charge in [0.1, 0.15) is 0 Å². The SMILES string of the molecule is COC(=O)c1c(OC)c2cc(Cl)ccc2n1Cc1ccc(Cl)cc1Cl. The monoisotopic (exact) mass is 397 g/mol. The van der Waals surface area contributed by atoms with Crippen LogP contribution in [0.25, 0.3) is 10.9 Å². The van der Waals surface area contributed by atoms with Gasteiger partial charge in [-0.05, 0) is 35.9 Å². The number of carbonyl (C=O) groups excluding carboxylic acids is 1. The lowest BCUT2D eigenvalue weighted by molar-refractivity contribution is 0.0585. The third-order valence-corrected chi connectivity index (χ3v) is 4.73. The van der Waals surface area contributed by atoms with Gasteiger partial charge < -0.3 is 14.0 Å². The summed E-state index contributed by atoms with van der Waals surface area (Å²) in [6, 6.07) is 10.6. The summed E-state index contributed by atoms with van der Waals surface area (Å²) in [5.74, 6) is -0.0938. The number of benzene rings is 2. The van der Waals surface area contributed by atoms with E-state index < -0.39 is 5.97 Å². The number of halogens is 3. The molecule has 0 spiro atoms. The van der Waals surface area contributed by atoms with Crippen molar-refractivity contribution in [2.45, 2.75) is 6.54 Å². The summed E-state index contributed by atoms with van der Waals surface area (Å²) >= 11 is 18.4. The predicted molar refractivity (Wildman–Crippen MR) is 100 cm³/mol. The second-order valence-corrected chi connectivity index (χ2v) is 6.64. The fourth-order valence-corrected chi connectivity index (χ4v) is 3.43. The van der Waals surface area contributed by atoms with Crippen molar-refractivity contribution >= 4 is 51.7 Å². The lowest BCUT2D eigenvalue weighted by Crippen LogP contribution is -2.12. The maximum Gasteiger partial charge on any atom is 0.358 e. The molecule has 0 fully saturated rings. The minimum atomic E-state index is -0.505. The van der Waals surface area contributed by atoms with Crippen molar-refractivity contribution in [2.24, 2.45) is 0 Å². The molecule has 0 aliphatic carbocycles. The van der Waals surface area contributed by atoms with Crippen LogP contribution in [-0.4, -0.2) is 24.8 Å². The molecule has 0 aliphatic heterocycles. The van der Waals surface area contributed by atoms with E-state index in [0.29, 0.717) is 33.1 Å². The Morgan fingerprint density at radius 3 is 2.36 bits per heavy atom. The van der Waals surface area contributed by atoms with Gasteiger partial charge in [0.25, 0.3) is 0 Å². The number of nitrogens with zero attached hydrogens (tertiary/aromatic N) is 1. The molecule has 0 bridgehead atoms. The summed E-state index contributed by atoms with van der Waals surface area (Å²) in [5.41, 5.74) is 1.90. The Balaban J connectivity index is 2.26. The standard InChI is InChI=1S/C18H14Cl3NO3/c1-24-17-13-7-11(19)5-6-15(13)22(16(17)18(23)25-2)9-10-3-4-12(20)8-14(10)21/h3-8H,9H2,1-2H3. The molecule has 130 valence electrons. The van der Waals surface area contributed by atoms with Gasteiger partial charge in [0, 0.05) is 20.5 Å². The lowest BCUT2D eigenvalue weighted by Gasteiger charge is -2.12. The number of carbonyl (C=O) groups is 1. The van der Waals surface area contributed by atoms with E-state index in [0.717, 1.165) is 16.5 Å². The number of fused-ring (bicyclic) bond motifs is 1. The van der Waals surface area contributed by atoms with Gasteiger partial charge in [-0.1, -0.05) is 40.9 Å². The van der Waals surface area contributed by atoms with Crippen LogP contribution in [0.15, 0.2) is 36.4 Å². The Morgan fingerprint density at radius 2 is 1.72 bits per heavy atom. The second-order valence-electron chi connectivity index (χ2n) is 5.36. The molecule has 2 aromatic carbocycles. The number of hydrogen-bond acceptors (Lipinski definition) is 3. The molecule has 0 radical (unpaired) electrons. The van der Waals surface area contributed by atoms with E-state index in [2.05, 4.69) is 0 Å². The Morgan fingerprint density at radius 1 is 1.04 bits per heavy atom. The summed E-state index contributed by atoms with van der Waals surface area (Å²) in [5, 5.41) is 2.33. The van der Waals surface area contributed by atoms with Crippen LogP contribution in [0.1, 0.15) is 16.1 Å². The zero-order valence-electron chi connectivity index (χ0n) is 13.5. The zero-order valence-corrected chi connectivity index (χ0v) is 15.7. The van der Waals surface area contributed by atoms with E-state index in [1.165, 1.54) is 14.2 Å². The molecule has 7 heteroatoms. The molecule has 4 nitrogen and oxygen atoms in total. The Hall–Kier alpha value is -1.88. The summed E-state index contributed by atoms with van der Waals surface area (Å²) in [6.45, 7) is 0.349. The Labute approximate surface area is 159 Å². The minimum absolute atomic E-state index is 0.299. The van der Waals surface area contributed by atoms with Crippen molar-refractivity contribution in [3.05, 3.63) is 62.7 Å². The topological polar surface area (TPSA) is 40.5 Å². The molecule has 1 aromatic heterocycles. The lowest BCUT2D eigenvalue weighted by atomic mass is 10.2. The van der Waals surface area contributed by atoms with Crippen molar-refractivity contribution in [1.82, 2.24) is 4.57 Å². The highest BCUT2D eigenvalue weighted by Crippen LogP contribution is 2.36. The molecule has 0 N–H and O–H groups in total. The van der Waals surface area contributed by atoms with Crippen molar-refractivity contribution < 1.29 is 14.3 Å². The van der Waals surface area contributed by atoms with E-state index >= 15 is 0 Å². The van der Waals surface area contributed by atoms with Gasteiger partial charge in [-0.3, -0.25) is 0 Å². The minimum Gasteiger partial charge on any atom is -0.494 e. The molecule has 25 heavy (non-hydrogen) atoms. The number of esters is 1. The zero-order chi connectivity index (χ0) is 18.1. The van der Waals surface area contributed by atoms with Gasteiger partial charge in [0.15, 0.2) is 11.4 Å². The number of hydrogen-bond donors (Lipinski definition) is 0. The van der Waals surface area contributed by atoms with Crippen LogP contribution in [0, 0.1) is 0 Å². The van der Waals surface area contributed by atoms with Gasteiger partial charge in [-0.15, -0.1) is 0 Å². The molecule has 3 aromatic rings. The number of rotatable bonds is 4. The molecule has 0 unspecified atom stereocenters. The van der Waals surface area contributed by atoms with Gasteiger partial charge in [0.05, 0.1) is 26.3 Å². The molecule has 0 saturated carbocycles. The maximum atomic E-state index is 12.4. The van der Waals surface area contributed by atoms with Crippen LogP contribution in [0.4, 0.5) is 0 Å². The first-order valence-electron chi connectivity index (χ1n) is 7.34. The average Bonchev–Trinajstić information content (AvgIpc) is 2.89. The fourth-order valence-electron chi connectivity index (χ4n) is 2.79. The molecule has 1 heterocycles. The molecule has 3 rings (SSSR count). The first kappa shape index (κ1) is 17.9. The quantitative estimate of drug-likeness (QED) is 0.549. The molecule has 0 atom stereocenters. The summed E-state index contributed by atoms with van der Waals surface area (Å²) in [4.78, 5) is 12.4. The molecular weight excluding hydrogens is 385 g/mol. The fraction of sp³-hybridized carbons (Fsp3) is 0.167. The summed E-state index contributed by atoms with van der Waals surface area (Å²) in [7, 11) is 2.83. The van der Waals surface area contributed by atoms with Crippen LogP contribution in [0.5, 0.6) is 5.75 Å². The average molecular weight is 399 g/mol. The van der Waals surface area contributed by atoms with Crippen LogP contribution < -0.4 is 4.74 Å². The van der Waals surface area contributed by atoms with Crippen molar-refractivity contribution in [3.8, 4) is 5.75 Å². The summed E-state index contributed by atoms with van der Waals surface area (Å²) < 4.78 is 12.2. The van der Waals surface area contributed by atoms with Crippen LogP contribution in [0.3, 0.4) is 0 Å². The first-order valence-corrected chi connectivity index (χ1v) is 8.47. The smallest absolute Gasteiger partial charge is 0.358 e. The highest BCUT2D eigenvalue weighted by atomic mass is 35.5. The predicted octanol–water partition coefficient (Wildman–Crippen LogP) is 5.45. The van der Waals surface area contributed by atoms with E-state index in [1.807, 2.05) is 12.1 Å². The number of methoxy groups -OCH3 is 2. The van der Waals surface area contributed by atoms with Gasteiger partial charge in [0.2, 0.25) is 0 Å². The number of aromatic nitrogens is 1. The number of ether oxygens (including phenoxy) is 2. The van der Waals surface area contributed by atoms with Crippen LogP contribution in [0.2, 0.25) is 15.1 Å². The normalized spacial score (nSPS) is 10.9. The van der Waals surface area contributed by atoms with Gasteiger partial charge in [-0.25, -0.2) is 4.79 Å². The second kappa shape index (κ2) is 7.16. The van der Waals surface area contributed by atoms with Crippen LogP contribution >= 0.6 is 34.8 Å². The van der Waals surface area contributed by atoms with Gasteiger partial charge >= 0.3 is 5.97 Å². The van der Waals surface area contributed by atoms with Crippen molar-refractivity contribution in [2.75, 3.05) is 14.2 Å². The molecule has 0 saturated heterocycles. The van der Waals surface area contributed by atoms with Crippen LogP contribution in [-0.2, 0) is 11.3 Å². The van der Waals surface area contributed by atoms with Crippen molar-refractivity contribution in [3.63, 3.8) is 0 Å². The molecule has 0 amide bonds. The maximum absolute atomic E-state index is 12.4. The van der Waals surface area contributed by atoms with E-state index in [9.17, 15) is 4.79 Å². The van der Waals surface area contributed by atoms with E-state index in [1.54, 1.807) is 28.8 Å². The third-order valence-electron chi connectivity index (χ3n) is 3.91. The third kappa shape index (κ3) is 3.30. The Kier molecular flexibility index (Phi) is 5.13. The Bertz CT molecular complexity index is 966. The van der Waals surface area contributed by atoms with Gasteiger partial charge in [-0.2, -0.15) is 0 Å². The highest BCUT2D eigenvalue weighted by molar-refractivity contribution is 6.35. The highest BCUT2D eigenvalue weighted by Gasteiger charge is 2.25.